The average molecular weight is 406 g/mol. The lowest BCUT2D eigenvalue weighted by Gasteiger charge is -2.10. The van der Waals surface area contributed by atoms with E-state index in [-0.39, 0.29) is 0 Å². The van der Waals surface area contributed by atoms with Crippen molar-refractivity contribution in [2.24, 2.45) is 5.92 Å². The van der Waals surface area contributed by atoms with Gasteiger partial charge in [-0.05, 0) is 46.5 Å². The van der Waals surface area contributed by atoms with Gasteiger partial charge in [-0.25, -0.2) is 4.98 Å². The second-order valence-corrected chi connectivity index (χ2v) is 7.83. The van der Waals surface area contributed by atoms with E-state index in [1.807, 2.05) is 22.9 Å². The van der Waals surface area contributed by atoms with Crippen molar-refractivity contribution in [3.63, 3.8) is 0 Å². The molecule has 29 heavy (non-hydrogen) atoms. The fourth-order valence-corrected chi connectivity index (χ4v) is 3.52. The van der Waals surface area contributed by atoms with Gasteiger partial charge >= 0.3 is 0 Å². The highest BCUT2D eigenvalue weighted by Gasteiger charge is 2.11. The van der Waals surface area contributed by atoms with Gasteiger partial charge in [-0.15, -0.1) is 10.2 Å². The Morgan fingerprint density at radius 2 is 1.79 bits per heavy atom. The normalized spacial score (nSPS) is 11.3. The number of nitrogens with one attached hydrogen (secondary N) is 2. The van der Waals surface area contributed by atoms with Gasteiger partial charge < -0.3 is 0 Å². The van der Waals surface area contributed by atoms with Crippen molar-refractivity contribution in [3.8, 4) is 22.5 Å². The van der Waals surface area contributed by atoms with E-state index < -0.39 is 0 Å². The fraction of sp³-hybridized carbons (Fsp3) is 0.286. The van der Waals surface area contributed by atoms with Crippen molar-refractivity contribution in [1.29, 1.82) is 0 Å². The van der Waals surface area contributed by atoms with Crippen molar-refractivity contribution in [1.82, 2.24) is 35.4 Å². The monoisotopic (exact) mass is 405 g/mol. The number of hydrogen-bond acceptors (Lipinski definition) is 5. The van der Waals surface area contributed by atoms with Gasteiger partial charge in [-0.2, -0.15) is 5.21 Å². The molecule has 0 bridgehead atoms. The molecule has 2 aromatic carbocycles. The van der Waals surface area contributed by atoms with Crippen LogP contribution in [-0.2, 0) is 13.0 Å². The molecular formula is C21H23N7S. The zero-order valence-electron chi connectivity index (χ0n) is 16.5. The standard InChI is InChI=1S/C21H23N7S/c1-14(2)7-12-19-22-21(29)25-28(19)13-15-8-10-16(11-9-15)17-5-3-4-6-18(17)20-23-26-27-24-20/h3-6,8-11,14H,7,12-13H2,1-2H3,(H,25,29)(H,23,24,26,27). The number of aromatic amines is 2. The summed E-state index contributed by atoms with van der Waals surface area (Å²) in [6, 6.07) is 16.6. The predicted molar refractivity (Wildman–Crippen MR) is 115 cm³/mol. The van der Waals surface area contributed by atoms with Crippen LogP contribution in [0.2, 0.25) is 0 Å². The molecule has 0 atom stereocenters. The highest BCUT2D eigenvalue weighted by molar-refractivity contribution is 7.71. The van der Waals surface area contributed by atoms with E-state index in [0.29, 0.717) is 23.1 Å². The molecular weight excluding hydrogens is 382 g/mol. The molecule has 2 N–H and O–H groups in total. The maximum atomic E-state index is 5.25. The van der Waals surface area contributed by atoms with Crippen LogP contribution >= 0.6 is 12.2 Å². The van der Waals surface area contributed by atoms with Crippen LogP contribution in [0.3, 0.4) is 0 Å². The van der Waals surface area contributed by atoms with Gasteiger partial charge in [0.1, 0.15) is 5.82 Å². The maximum absolute atomic E-state index is 5.25. The molecule has 0 radical (unpaired) electrons. The molecule has 8 heteroatoms. The number of rotatable bonds is 7. The Balaban J connectivity index is 1.57. The Bertz CT molecular complexity index is 1120. The molecule has 0 aliphatic carbocycles. The number of aryl methyl sites for hydroxylation is 1. The summed E-state index contributed by atoms with van der Waals surface area (Å²) in [7, 11) is 0. The third-order valence-electron chi connectivity index (χ3n) is 4.84. The van der Waals surface area contributed by atoms with E-state index in [4.69, 9.17) is 12.2 Å². The number of aromatic nitrogens is 7. The molecule has 4 rings (SSSR count). The number of H-pyrrole nitrogens is 2. The molecule has 4 aromatic rings. The van der Waals surface area contributed by atoms with Crippen LogP contribution in [0, 0.1) is 10.7 Å². The SMILES string of the molecule is CC(C)CCc1nc(=S)[nH]n1Cc1ccc(-c2ccccc2-c2nn[nH]n2)cc1. The zero-order chi connectivity index (χ0) is 20.2. The van der Waals surface area contributed by atoms with Gasteiger partial charge in [0, 0.05) is 12.0 Å². The number of tetrazole rings is 1. The smallest absolute Gasteiger partial charge is 0.213 e. The molecule has 0 amide bonds. The first-order valence-corrected chi connectivity index (χ1v) is 10.1. The molecule has 0 aliphatic rings. The van der Waals surface area contributed by atoms with Crippen LogP contribution < -0.4 is 0 Å². The Hall–Kier alpha value is -3.13. The van der Waals surface area contributed by atoms with E-state index in [0.717, 1.165) is 35.4 Å². The number of nitrogens with zero attached hydrogens (tertiary/aromatic N) is 5. The fourth-order valence-electron chi connectivity index (χ4n) is 3.30. The minimum atomic E-state index is 0.536. The molecule has 7 nitrogen and oxygen atoms in total. The Morgan fingerprint density at radius 3 is 2.48 bits per heavy atom. The van der Waals surface area contributed by atoms with Crippen molar-refractivity contribution in [2.75, 3.05) is 0 Å². The van der Waals surface area contributed by atoms with E-state index in [9.17, 15) is 0 Å². The summed E-state index contributed by atoms with van der Waals surface area (Å²) in [6.45, 7) is 5.15. The van der Waals surface area contributed by atoms with Crippen LogP contribution in [0.1, 0.15) is 31.7 Å². The molecule has 0 saturated carbocycles. The largest absolute Gasteiger partial charge is 0.271 e. The van der Waals surface area contributed by atoms with Crippen LogP contribution in [0.4, 0.5) is 0 Å². The molecule has 0 spiro atoms. The molecule has 0 saturated heterocycles. The summed E-state index contributed by atoms with van der Waals surface area (Å²) in [6.07, 6.45) is 2.01. The highest BCUT2D eigenvalue weighted by Crippen LogP contribution is 2.29. The summed E-state index contributed by atoms with van der Waals surface area (Å²) < 4.78 is 2.59. The minimum absolute atomic E-state index is 0.536. The van der Waals surface area contributed by atoms with Crippen molar-refractivity contribution >= 4 is 12.2 Å². The molecule has 0 unspecified atom stereocenters. The van der Waals surface area contributed by atoms with Crippen LogP contribution in [0.15, 0.2) is 48.5 Å². The number of benzene rings is 2. The van der Waals surface area contributed by atoms with Crippen molar-refractivity contribution < 1.29 is 0 Å². The Labute approximate surface area is 174 Å². The first kappa shape index (κ1) is 19.2. The number of hydrogen-bond donors (Lipinski definition) is 2. The quantitative estimate of drug-likeness (QED) is 0.444. The van der Waals surface area contributed by atoms with Gasteiger partial charge in [0.2, 0.25) is 10.6 Å². The predicted octanol–water partition coefficient (Wildman–Crippen LogP) is 4.42. The first-order valence-electron chi connectivity index (χ1n) is 9.68. The van der Waals surface area contributed by atoms with E-state index in [1.54, 1.807) is 0 Å². The second kappa shape index (κ2) is 8.48. The van der Waals surface area contributed by atoms with Crippen molar-refractivity contribution in [3.05, 3.63) is 64.7 Å². The highest BCUT2D eigenvalue weighted by atomic mass is 32.1. The second-order valence-electron chi connectivity index (χ2n) is 7.44. The molecule has 0 aliphatic heterocycles. The summed E-state index contributed by atoms with van der Waals surface area (Å²) in [5.41, 5.74) is 4.30. The van der Waals surface area contributed by atoms with Gasteiger partial charge in [-0.1, -0.05) is 62.4 Å². The third kappa shape index (κ3) is 4.48. The topological polar surface area (TPSA) is 88.1 Å². The van der Waals surface area contributed by atoms with E-state index in [1.165, 1.54) is 5.56 Å². The van der Waals surface area contributed by atoms with Gasteiger partial charge in [0.05, 0.1) is 6.54 Å². The lowest BCUT2D eigenvalue weighted by Crippen LogP contribution is -2.08. The van der Waals surface area contributed by atoms with E-state index >= 15 is 0 Å². The lowest BCUT2D eigenvalue weighted by atomic mass is 9.98. The Kier molecular flexibility index (Phi) is 5.62. The molecule has 148 valence electrons. The Morgan fingerprint density at radius 1 is 1.03 bits per heavy atom. The lowest BCUT2D eigenvalue weighted by molar-refractivity contribution is 0.547. The zero-order valence-corrected chi connectivity index (χ0v) is 17.3. The average Bonchev–Trinajstić information content (AvgIpc) is 3.37. The van der Waals surface area contributed by atoms with Crippen LogP contribution in [-0.4, -0.2) is 35.4 Å². The third-order valence-corrected chi connectivity index (χ3v) is 5.02. The molecule has 2 aromatic heterocycles. The van der Waals surface area contributed by atoms with Crippen molar-refractivity contribution in [2.45, 2.75) is 33.2 Å². The first-order chi connectivity index (χ1) is 14.1. The van der Waals surface area contributed by atoms with Gasteiger partial charge in [0.25, 0.3) is 0 Å². The summed E-state index contributed by atoms with van der Waals surface area (Å²) in [5.74, 6) is 2.23. The van der Waals surface area contributed by atoms with Gasteiger partial charge in [-0.3, -0.25) is 9.78 Å². The summed E-state index contributed by atoms with van der Waals surface area (Å²) in [4.78, 5) is 4.48. The minimum Gasteiger partial charge on any atom is -0.271 e. The van der Waals surface area contributed by atoms with Crippen LogP contribution in [0.5, 0.6) is 0 Å². The van der Waals surface area contributed by atoms with E-state index in [2.05, 4.69) is 74.9 Å². The molecule has 0 fully saturated rings. The van der Waals surface area contributed by atoms with Crippen LogP contribution in [0.25, 0.3) is 22.5 Å². The maximum Gasteiger partial charge on any atom is 0.213 e. The summed E-state index contributed by atoms with van der Waals surface area (Å²) in [5, 5.41) is 17.6. The summed E-state index contributed by atoms with van der Waals surface area (Å²) >= 11 is 5.25. The van der Waals surface area contributed by atoms with Gasteiger partial charge in [0.15, 0.2) is 0 Å². The molecule has 2 heterocycles.